The largest absolute Gasteiger partial charge is 0.491 e. The van der Waals surface area contributed by atoms with Crippen LogP contribution in [0, 0.1) is 0 Å². The lowest BCUT2D eigenvalue weighted by Gasteiger charge is -2.38. The van der Waals surface area contributed by atoms with Gasteiger partial charge in [0.05, 0.1) is 22.0 Å². The van der Waals surface area contributed by atoms with Crippen molar-refractivity contribution in [3.05, 3.63) is 66.7 Å². The van der Waals surface area contributed by atoms with Crippen LogP contribution in [0.2, 0.25) is 0 Å². The van der Waals surface area contributed by atoms with Gasteiger partial charge < -0.3 is 19.9 Å². The van der Waals surface area contributed by atoms with Crippen molar-refractivity contribution in [3.63, 3.8) is 0 Å². The molecule has 12 heteroatoms. The summed E-state index contributed by atoms with van der Waals surface area (Å²) in [7, 11) is -7.31. The second-order valence-corrected chi connectivity index (χ2v) is 16.1. The molecule has 2 atom stereocenters. The second kappa shape index (κ2) is 12.4. The van der Waals surface area contributed by atoms with Gasteiger partial charge in [-0.05, 0) is 75.1 Å². The van der Waals surface area contributed by atoms with Crippen molar-refractivity contribution in [2.45, 2.75) is 73.1 Å². The molecule has 43 heavy (non-hydrogen) atoms. The topological polar surface area (TPSA) is 134 Å². The molecular weight excluding hydrogens is 590 g/mol. The van der Waals surface area contributed by atoms with E-state index in [1.165, 1.54) is 12.1 Å². The highest BCUT2D eigenvalue weighted by Gasteiger charge is 2.44. The van der Waals surface area contributed by atoms with E-state index in [1.54, 1.807) is 49.3 Å². The molecule has 2 saturated heterocycles. The monoisotopic (exact) mass is 631 g/mol. The molecule has 2 heterocycles. The average molecular weight is 632 g/mol. The molecule has 0 amide bonds. The molecule has 0 bridgehead atoms. The summed E-state index contributed by atoms with van der Waals surface area (Å²) in [5.41, 5.74) is -1.01. The van der Waals surface area contributed by atoms with Gasteiger partial charge in [0, 0.05) is 37.3 Å². The molecule has 2 fully saturated rings. The van der Waals surface area contributed by atoms with Gasteiger partial charge in [-0.1, -0.05) is 36.4 Å². The minimum atomic E-state index is -3.70. The van der Waals surface area contributed by atoms with Crippen LogP contribution in [0.1, 0.15) is 40.0 Å². The number of nitrogens with zero attached hydrogens (tertiary/aromatic N) is 1. The fourth-order valence-corrected chi connectivity index (χ4v) is 8.61. The SMILES string of the molecule is CC(C)(C)NS(=O)(=O)c1cccc(OCC(O)CNC2COC3(CCN(S(=O)(=O)c4ccc5ccccc5c4)CC3)C2)c1. The molecule has 10 nitrogen and oxygen atoms in total. The van der Waals surface area contributed by atoms with E-state index in [0.717, 1.165) is 17.2 Å². The quantitative estimate of drug-likeness (QED) is 0.311. The fraction of sp³-hybridized carbons (Fsp3) is 0.484. The Kier molecular flexibility index (Phi) is 9.20. The van der Waals surface area contributed by atoms with E-state index in [4.69, 9.17) is 9.47 Å². The number of hydrogen-bond donors (Lipinski definition) is 3. The van der Waals surface area contributed by atoms with E-state index < -0.39 is 31.7 Å². The Labute approximate surface area is 254 Å². The van der Waals surface area contributed by atoms with E-state index in [0.29, 0.717) is 43.2 Å². The van der Waals surface area contributed by atoms with E-state index in [1.807, 2.05) is 30.3 Å². The summed E-state index contributed by atoms with van der Waals surface area (Å²) in [6, 6.07) is 19.2. The fourth-order valence-electron chi connectivity index (χ4n) is 5.68. The summed E-state index contributed by atoms with van der Waals surface area (Å²) >= 11 is 0. The molecular formula is C31H41N3O7S2. The highest BCUT2D eigenvalue weighted by Crippen LogP contribution is 2.37. The van der Waals surface area contributed by atoms with Crippen molar-refractivity contribution >= 4 is 30.8 Å². The smallest absolute Gasteiger partial charge is 0.243 e. The van der Waals surface area contributed by atoms with E-state index in [9.17, 15) is 21.9 Å². The number of nitrogens with one attached hydrogen (secondary N) is 2. The van der Waals surface area contributed by atoms with Crippen LogP contribution < -0.4 is 14.8 Å². The maximum Gasteiger partial charge on any atom is 0.243 e. The Morgan fingerprint density at radius 1 is 0.977 bits per heavy atom. The molecule has 3 aromatic carbocycles. The van der Waals surface area contributed by atoms with Gasteiger partial charge in [-0.25, -0.2) is 21.6 Å². The lowest BCUT2D eigenvalue weighted by Crippen LogP contribution is -2.47. The zero-order valence-electron chi connectivity index (χ0n) is 24.8. The van der Waals surface area contributed by atoms with Gasteiger partial charge in [-0.3, -0.25) is 0 Å². The van der Waals surface area contributed by atoms with E-state index >= 15 is 0 Å². The predicted octanol–water partition coefficient (Wildman–Crippen LogP) is 3.26. The van der Waals surface area contributed by atoms with Crippen LogP contribution in [0.5, 0.6) is 5.75 Å². The molecule has 2 aliphatic heterocycles. The number of aliphatic hydroxyl groups excluding tert-OH is 1. The summed E-state index contributed by atoms with van der Waals surface area (Å²) in [5.74, 6) is 0.351. The molecule has 0 radical (unpaired) electrons. The van der Waals surface area contributed by atoms with Crippen LogP contribution in [0.4, 0.5) is 0 Å². The van der Waals surface area contributed by atoms with E-state index in [2.05, 4.69) is 10.0 Å². The lowest BCUT2D eigenvalue weighted by molar-refractivity contribution is -0.0312. The Morgan fingerprint density at radius 3 is 2.42 bits per heavy atom. The Hall–Kier alpha value is -2.58. The summed E-state index contributed by atoms with van der Waals surface area (Å²) in [4.78, 5) is 0.400. The van der Waals surface area contributed by atoms with Gasteiger partial charge in [0.2, 0.25) is 20.0 Å². The highest BCUT2D eigenvalue weighted by atomic mass is 32.2. The summed E-state index contributed by atoms with van der Waals surface area (Å²) in [6.07, 6.45) is 1.11. The Morgan fingerprint density at radius 2 is 1.70 bits per heavy atom. The highest BCUT2D eigenvalue weighted by molar-refractivity contribution is 7.89. The number of aliphatic hydroxyl groups is 1. The van der Waals surface area contributed by atoms with Crippen LogP contribution in [-0.4, -0.2) is 82.4 Å². The lowest BCUT2D eigenvalue weighted by atomic mass is 9.88. The molecule has 2 aliphatic rings. The maximum atomic E-state index is 13.4. The average Bonchev–Trinajstić information content (AvgIpc) is 3.36. The first-order valence-electron chi connectivity index (χ1n) is 14.6. The molecule has 3 aromatic rings. The standard InChI is InChI=1S/C31H41N3O7S2/c1-30(2,3)33-42(36,37)28-10-6-9-27(18-28)40-22-26(35)20-32-25-19-31(41-21-25)13-15-34(16-14-31)43(38,39)29-12-11-23-7-4-5-8-24(23)17-29/h4-12,17-18,25-26,32-33,35H,13-16,19-22H2,1-3H3. The molecule has 1 spiro atoms. The minimum absolute atomic E-state index is 0.0104. The Balaban J connectivity index is 1.08. The normalized spacial score (nSPS) is 20.4. The third-order valence-electron chi connectivity index (χ3n) is 7.84. The molecule has 5 rings (SSSR count). The molecule has 3 N–H and O–H groups in total. The first-order valence-corrected chi connectivity index (χ1v) is 17.5. The van der Waals surface area contributed by atoms with Crippen molar-refractivity contribution < 1.29 is 31.4 Å². The Bertz CT molecular complexity index is 1650. The molecule has 0 aromatic heterocycles. The number of fused-ring (bicyclic) bond motifs is 1. The zero-order chi connectivity index (χ0) is 30.9. The van der Waals surface area contributed by atoms with Gasteiger partial charge in [-0.2, -0.15) is 4.31 Å². The van der Waals surface area contributed by atoms with Crippen LogP contribution in [0.3, 0.4) is 0 Å². The van der Waals surface area contributed by atoms with E-state index in [-0.39, 0.29) is 29.7 Å². The number of rotatable bonds is 10. The first kappa shape index (κ1) is 31.8. The van der Waals surface area contributed by atoms with Crippen molar-refractivity contribution in [1.29, 1.82) is 0 Å². The van der Waals surface area contributed by atoms with Crippen LogP contribution in [-0.2, 0) is 24.8 Å². The third-order valence-corrected chi connectivity index (χ3v) is 11.5. The third kappa shape index (κ3) is 7.75. The van der Waals surface area contributed by atoms with Crippen molar-refractivity contribution in [3.8, 4) is 5.75 Å². The summed E-state index contributed by atoms with van der Waals surface area (Å²) in [5, 5.41) is 15.8. The van der Waals surface area contributed by atoms with Gasteiger partial charge in [0.25, 0.3) is 0 Å². The second-order valence-electron chi connectivity index (χ2n) is 12.5. The van der Waals surface area contributed by atoms with Gasteiger partial charge >= 0.3 is 0 Å². The number of ether oxygens (including phenoxy) is 2. The van der Waals surface area contributed by atoms with Crippen LogP contribution >= 0.6 is 0 Å². The zero-order valence-corrected chi connectivity index (χ0v) is 26.5. The van der Waals surface area contributed by atoms with Crippen molar-refractivity contribution in [2.75, 3.05) is 32.8 Å². The summed E-state index contributed by atoms with van der Waals surface area (Å²) < 4.78 is 68.0. The molecule has 0 aliphatic carbocycles. The van der Waals surface area contributed by atoms with Crippen LogP contribution in [0.25, 0.3) is 10.8 Å². The molecule has 234 valence electrons. The number of piperidine rings is 1. The first-order chi connectivity index (χ1) is 20.2. The predicted molar refractivity (Wildman–Crippen MR) is 165 cm³/mol. The van der Waals surface area contributed by atoms with Gasteiger partial charge in [0.1, 0.15) is 18.5 Å². The number of sulfonamides is 2. The molecule has 0 saturated carbocycles. The van der Waals surface area contributed by atoms with Crippen molar-refractivity contribution in [2.24, 2.45) is 0 Å². The van der Waals surface area contributed by atoms with Crippen LogP contribution in [0.15, 0.2) is 76.5 Å². The number of benzene rings is 3. The van der Waals surface area contributed by atoms with Gasteiger partial charge in [0.15, 0.2) is 0 Å². The maximum absolute atomic E-state index is 13.4. The van der Waals surface area contributed by atoms with Crippen molar-refractivity contribution in [1.82, 2.24) is 14.3 Å². The number of hydrogen-bond acceptors (Lipinski definition) is 8. The summed E-state index contributed by atoms with van der Waals surface area (Å²) in [6.45, 7) is 6.83. The molecule has 2 unspecified atom stereocenters. The minimum Gasteiger partial charge on any atom is -0.491 e. The van der Waals surface area contributed by atoms with Gasteiger partial charge in [-0.15, -0.1) is 0 Å².